The molecule has 3 rings (SSSR count). The molecule has 0 aliphatic heterocycles. The number of fused-ring (bicyclic) bond motifs is 1. The Morgan fingerprint density at radius 3 is 2.76 bits per heavy atom. The summed E-state index contributed by atoms with van der Waals surface area (Å²) in [6.07, 6.45) is -2.17. The minimum absolute atomic E-state index is 0.0439. The van der Waals surface area contributed by atoms with Gasteiger partial charge in [-0.05, 0) is 25.1 Å². The lowest BCUT2D eigenvalue weighted by molar-refractivity contribution is -0.137. The van der Waals surface area contributed by atoms with Crippen LogP contribution >= 0.6 is 11.6 Å². The van der Waals surface area contributed by atoms with Crippen LogP contribution in [0.3, 0.4) is 0 Å². The van der Waals surface area contributed by atoms with Gasteiger partial charge >= 0.3 is 6.18 Å². The average molecular weight is 369 g/mol. The number of carbonyl (C=O) groups is 1. The standard InChI is InChI=1S/C17H12ClF3N2O2/c1-10(24)9-25-13-4-2-3-11(5-13)16-22-7-15-14(18)6-12(8-23(15)16)17(19,20)21/h2-8H,9H2,1H3. The minimum atomic E-state index is -4.52. The molecule has 0 N–H and O–H groups in total. The SMILES string of the molecule is CC(=O)COc1cccc(-c2ncc3c(Cl)cc(C(F)(F)F)cn23)c1. The van der Waals surface area contributed by atoms with E-state index in [4.69, 9.17) is 16.3 Å². The monoisotopic (exact) mass is 368 g/mol. The first-order chi connectivity index (χ1) is 11.8. The number of rotatable bonds is 4. The molecular weight excluding hydrogens is 357 g/mol. The number of nitrogens with zero attached hydrogens (tertiary/aromatic N) is 2. The predicted octanol–water partition coefficient (Wildman–Crippen LogP) is 4.64. The maximum Gasteiger partial charge on any atom is 0.417 e. The summed E-state index contributed by atoms with van der Waals surface area (Å²) < 4.78 is 45.7. The Bertz CT molecular complexity index is 951. The fourth-order valence-corrected chi connectivity index (χ4v) is 2.59. The van der Waals surface area contributed by atoms with E-state index >= 15 is 0 Å². The molecule has 8 heteroatoms. The van der Waals surface area contributed by atoms with E-state index < -0.39 is 11.7 Å². The van der Waals surface area contributed by atoms with Crippen LogP contribution in [0.1, 0.15) is 12.5 Å². The van der Waals surface area contributed by atoms with Gasteiger partial charge < -0.3 is 4.74 Å². The highest BCUT2D eigenvalue weighted by atomic mass is 35.5. The van der Waals surface area contributed by atoms with E-state index in [2.05, 4.69) is 4.98 Å². The number of carbonyl (C=O) groups excluding carboxylic acids is 1. The third kappa shape index (κ3) is 3.61. The minimum Gasteiger partial charge on any atom is -0.486 e. The van der Waals surface area contributed by atoms with Crippen molar-refractivity contribution < 1.29 is 22.7 Å². The van der Waals surface area contributed by atoms with E-state index in [1.165, 1.54) is 17.5 Å². The largest absolute Gasteiger partial charge is 0.486 e. The molecule has 0 aliphatic rings. The summed E-state index contributed by atoms with van der Waals surface area (Å²) in [4.78, 5) is 15.2. The molecule has 4 nitrogen and oxygen atoms in total. The second-order valence-electron chi connectivity index (χ2n) is 5.43. The first kappa shape index (κ1) is 17.3. The first-order valence-corrected chi connectivity index (χ1v) is 7.60. The van der Waals surface area contributed by atoms with Gasteiger partial charge in [0.05, 0.1) is 22.3 Å². The highest BCUT2D eigenvalue weighted by Gasteiger charge is 2.32. The van der Waals surface area contributed by atoms with Crippen molar-refractivity contribution in [1.82, 2.24) is 9.38 Å². The molecule has 0 saturated carbocycles. The Morgan fingerprint density at radius 1 is 1.32 bits per heavy atom. The number of benzene rings is 1. The molecule has 0 unspecified atom stereocenters. The number of alkyl halides is 3. The summed E-state index contributed by atoms with van der Waals surface area (Å²) >= 11 is 5.96. The van der Waals surface area contributed by atoms with E-state index in [0.717, 1.165) is 12.3 Å². The van der Waals surface area contributed by atoms with E-state index in [9.17, 15) is 18.0 Å². The van der Waals surface area contributed by atoms with E-state index in [0.29, 0.717) is 16.8 Å². The normalized spacial score (nSPS) is 11.7. The lowest BCUT2D eigenvalue weighted by Crippen LogP contribution is -2.07. The van der Waals surface area contributed by atoms with Gasteiger partial charge in [-0.3, -0.25) is 9.20 Å². The van der Waals surface area contributed by atoms with Gasteiger partial charge in [-0.25, -0.2) is 4.98 Å². The Balaban J connectivity index is 2.08. The second kappa shape index (κ2) is 6.40. The summed E-state index contributed by atoms with van der Waals surface area (Å²) in [6, 6.07) is 7.47. The number of Topliss-reactive ketones (excluding diaryl/α,β-unsaturated/α-hetero) is 1. The van der Waals surface area contributed by atoms with Crippen molar-refractivity contribution in [1.29, 1.82) is 0 Å². The van der Waals surface area contributed by atoms with Gasteiger partial charge in [-0.2, -0.15) is 13.2 Å². The van der Waals surface area contributed by atoms with Crippen molar-refractivity contribution in [2.24, 2.45) is 0 Å². The van der Waals surface area contributed by atoms with Crippen LogP contribution in [0.15, 0.2) is 42.7 Å². The molecule has 2 aromatic heterocycles. The van der Waals surface area contributed by atoms with E-state index in [1.807, 2.05) is 0 Å². The Labute approximate surface area is 145 Å². The molecule has 0 amide bonds. The molecule has 130 valence electrons. The Kier molecular flexibility index (Phi) is 4.43. The summed E-state index contributed by atoms with van der Waals surface area (Å²) in [5.74, 6) is 0.567. The zero-order chi connectivity index (χ0) is 18.2. The predicted molar refractivity (Wildman–Crippen MR) is 86.8 cm³/mol. The second-order valence-corrected chi connectivity index (χ2v) is 5.84. The fraction of sp³-hybridized carbons (Fsp3) is 0.176. The number of pyridine rings is 1. The average Bonchev–Trinajstić information content (AvgIpc) is 2.97. The van der Waals surface area contributed by atoms with Gasteiger partial charge in [0.2, 0.25) is 0 Å². The number of ketones is 1. The van der Waals surface area contributed by atoms with Crippen LogP contribution in [0, 0.1) is 0 Å². The number of aromatic nitrogens is 2. The highest BCUT2D eigenvalue weighted by molar-refractivity contribution is 6.33. The van der Waals surface area contributed by atoms with Crippen molar-refractivity contribution >= 4 is 22.9 Å². The van der Waals surface area contributed by atoms with Crippen LogP contribution < -0.4 is 4.74 Å². The molecule has 0 bridgehead atoms. The molecular formula is C17H12ClF3N2O2. The van der Waals surface area contributed by atoms with Gasteiger partial charge in [-0.15, -0.1) is 0 Å². The number of hydrogen-bond acceptors (Lipinski definition) is 3. The van der Waals surface area contributed by atoms with Crippen molar-refractivity contribution in [2.75, 3.05) is 6.61 Å². The Morgan fingerprint density at radius 2 is 2.08 bits per heavy atom. The van der Waals surface area contributed by atoms with Crippen LogP contribution in [0.25, 0.3) is 16.9 Å². The fourth-order valence-electron chi connectivity index (χ4n) is 2.33. The van der Waals surface area contributed by atoms with Gasteiger partial charge in [-0.1, -0.05) is 23.7 Å². The molecule has 0 atom stereocenters. The lowest BCUT2D eigenvalue weighted by Gasteiger charge is -2.10. The van der Waals surface area contributed by atoms with Gasteiger partial charge in [0.25, 0.3) is 0 Å². The topological polar surface area (TPSA) is 43.6 Å². The first-order valence-electron chi connectivity index (χ1n) is 7.22. The summed E-state index contributed by atoms with van der Waals surface area (Å²) in [5.41, 5.74) is 0.0319. The molecule has 25 heavy (non-hydrogen) atoms. The molecule has 3 aromatic rings. The van der Waals surface area contributed by atoms with Crippen LogP contribution in [-0.2, 0) is 11.0 Å². The van der Waals surface area contributed by atoms with E-state index in [-0.39, 0.29) is 23.2 Å². The van der Waals surface area contributed by atoms with Gasteiger partial charge in [0, 0.05) is 11.8 Å². The summed E-state index contributed by atoms with van der Waals surface area (Å²) in [6.45, 7) is 1.31. The lowest BCUT2D eigenvalue weighted by atomic mass is 10.2. The molecule has 0 spiro atoms. The number of hydrogen-bond donors (Lipinski definition) is 0. The quantitative estimate of drug-likeness (QED) is 0.673. The number of ether oxygens (including phenoxy) is 1. The number of imidazole rings is 1. The van der Waals surface area contributed by atoms with Crippen LogP contribution in [0.4, 0.5) is 13.2 Å². The zero-order valence-electron chi connectivity index (χ0n) is 13.0. The molecule has 0 radical (unpaired) electrons. The maximum atomic E-state index is 13.0. The van der Waals surface area contributed by atoms with Crippen LogP contribution in [0.2, 0.25) is 5.02 Å². The molecule has 0 fully saturated rings. The maximum absolute atomic E-state index is 13.0. The van der Waals surface area contributed by atoms with Gasteiger partial charge in [0.1, 0.15) is 18.2 Å². The van der Waals surface area contributed by atoms with Crippen LogP contribution in [0.5, 0.6) is 5.75 Å². The van der Waals surface area contributed by atoms with Crippen LogP contribution in [-0.4, -0.2) is 21.8 Å². The van der Waals surface area contributed by atoms with Crippen molar-refractivity contribution in [3.05, 3.63) is 53.3 Å². The van der Waals surface area contributed by atoms with Crippen molar-refractivity contribution in [3.63, 3.8) is 0 Å². The third-order valence-corrected chi connectivity index (χ3v) is 3.76. The summed E-state index contributed by atoms with van der Waals surface area (Å²) in [5, 5.41) is -0.0439. The van der Waals surface area contributed by atoms with Crippen molar-refractivity contribution in [3.8, 4) is 17.1 Å². The van der Waals surface area contributed by atoms with Gasteiger partial charge in [0.15, 0.2) is 5.78 Å². The highest BCUT2D eigenvalue weighted by Crippen LogP contribution is 2.34. The molecule has 1 aromatic carbocycles. The van der Waals surface area contributed by atoms with E-state index in [1.54, 1.807) is 24.3 Å². The Hall–Kier alpha value is -2.54. The molecule has 0 saturated heterocycles. The zero-order valence-corrected chi connectivity index (χ0v) is 13.7. The third-order valence-electron chi connectivity index (χ3n) is 3.45. The number of halogens is 4. The molecule has 0 aliphatic carbocycles. The molecule has 2 heterocycles. The summed E-state index contributed by atoms with van der Waals surface area (Å²) in [7, 11) is 0. The van der Waals surface area contributed by atoms with Crippen molar-refractivity contribution in [2.45, 2.75) is 13.1 Å². The smallest absolute Gasteiger partial charge is 0.417 e.